The summed E-state index contributed by atoms with van der Waals surface area (Å²) >= 11 is 5.51. The lowest BCUT2D eigenvalue weighted by atomic mass is 10.2. The van der Waals surface area contributed by atoms with Crippen LogP contribution in [0, 0.1) is 17.0 Å². The van der Waals surface area contributed by atoms with Crippen LogP contribution in [0.1, 0.15) is 5.56 Å². The van der Waals surface area contributed by atoms with E-state index in [9.17, 15) is 23.1 Å². The van der Waals surface area contributed by atoms with E-state index in [0.29, 0.717) is 6.07 Å². The number of hydrogen-bond acceptors (Lipinski definition) is 5. The molecule has 1 aromatic rings. The highest BCUT2D eigenvalue weighted by molar-refractivity contribution is 7.85. The third-order valence-electron chi connectivity index (χ3n) is 1.71. The largest absolute Gasteiger partial charge is 0.744 e. The van der Waals surface area contributed by atoms with E-state index in [-0.39, 0.29) is 10.6 Å². The van der Waals surface area contributed by atoms with Crippen LogP contribution in [0.15, 0.2) is 17.0 Å². The second-order valence-electron chi connectivity index (χ2n) is 2.78. The summed E-state index contributed by atoms with van der Waals surface area (Å²) in [6.07, 6.45) is 0. The molecule has 0 aliphatic carbocycles. The Bertz CT molecular complexity index is 524. The highest BCUT2D eigenvalue weighted by Gasteiger charge is 2.17. The Morgan fingerprint density at radius 1 is 1.40 bits per heavy atom. The number of rotatable bonds is 2. The Kier molecular flexibility index (Phi) is 2.98. The fourth-order valence-corrected chi connectivity index (χ4v) is 2.05. The van der Waals surface area contributed by atoms with Gasteiger partial charge in [-0.3, -0.25) is 10.1 Å². The molecule has 0 unspecified atom stereocenters. The van der Waals surface area contributed by atoms with Crippen molar-refractivity contribution < 1.29 is 17.9 Å². The van der Waals surface area contributed by atoms with Gasteiger partial charge >= 0.3 is 0 Å². The highest BCUT2D eigenvalue weighted by Crippen LogP contribution is 2.29. The van der Waals surface area contributed by atoms with Crippen LogP contribution in [0.4, 0.5) is 5.69 Å². The van der Waals surface area contributed by atoms with Crippen LogP contribution < -0.4 is 0 Å². The van der Waals surface area contributed by atoms with Gasteiger partial charge in [-0.2, -0.15) is 0 Å². The zero-order valence-electron chi connectivity index (χ0n) is 7.43. The number of nitro groups is 1. The number of nitro benzene ring substituents is 1. The summed E-state index contributed by atoms with van der Waals surface area (Å²) in [4.78, 5) is 8.96. The third kappa shape index (κ3) is 2.44. The van der Waals surface area contributed by atoms with E-state index in [4.69, 9.17) is 11.6 Å². The van der Waals surface area contributed by atoms with Crippen molar-refractivity contribution in [2.45, 2.75) is 11.8 Å². The lowest BCUT2D eigenvalue weighted by molar-refractivity contribution is -0.384. The minimum Gasteiger partial charge on any atom is -0.744 e. The Labute approximate surface area is 90.4 Å². The summed E-state index contributed by atoms with van der Waals surface area (Å²) in [5.41, 5.74) is -0.516. The molecule has 0 fully saturated rings. The molecule has 0 aliphatic rings. The Morgan fingerprint density at radius 3 is 2.33 bits per heavy atom. The molecular weight excluding hydrogens is 246 g/mol. The van der Waals surface area contributed by atoms with Gasteiger partial charge in [0.05, 0.1) is 9.82 Å². The van der Waals surface area contributed by atoms with E-state index in [1.165, 1.54) is 6.92 Å². The molecule has 1 rings (SSSR count). The van der Waals surface area contributed by atoms with Crippen molar-refractivity contribution in [3.05, 3.63) is 32.8 Å². The van der Waals surface area contributed by atoms with Gasteiger partial charge in [0.2, 0.25) is 0 Å². The maximum absolute atomic E-state index is 10.7. The predicted octanol–water partition coefficient (Wildman–Crippen LogP) is 1.46. The van der Waals surface area contributed by atoms with Gasteiger partial charge in [0, 0.05) is 6.07 Å². The van der Waals surface area contributed by atoms with E-state index >= 15 is 0 Å². The molecule has 15 heavy (non-hydrogen) atoms. The van der Waals surface area contributed by atoms with E-state index in [0.717, 1.165) is 6.07 Å². The highest BCUT2D eigenvalue weighted by atomic mass is 35.5. The molecule has 6 nitrogen and oxygen atoms in total. The summed E-state index contributed by atoms with van der Waals surface area (Å²) < 4.78 is 32.2. The molecular formula is C7H5ClNO5S-. The first-order chi connectivity index (χ1) is 6.73. The summed E-state index contributed by atoms with van der Waals surface area (Å²) in [5, 5.41) is 10.2. The predicted molar refractivity (Wildman–Crippen MR) is 50.8 cm³/mol. The van der Waals surface area contributed by atoms with Gasteiger partial charge in [0.15, 0.2) is 0 Å². The Balaban J connectivity index is 3.58. The van der Waals surface area contributed by atoms with Crippen molar-refractivity contribution in [1.29, 1.82) is 0 Å². The average molecular weight is 251 g/mol. The lowest BCUT2D eigenvalue weighted by Gasteiger charge is -2.10. The van der Waals surface area contributed by atoms with Gasteiger partial charge in [-0.25, -0.2) is 8.42 Å². The van der Waals surface area contributed by atoms with Crippen LogP contribution >= 0.6 is 11.6 Å². The van der Waals surface area contributed by atoms with Crippen molar-refractivity contribution in [2.24, 2.45) is 0 Å². The second-order valence-corrected chi connectivity index (χ2v) is 4.54. The molecule has 82 valence electrons. The molecule has 1 aromatic carbocycles. The first-order valence-electron chi connectivity index (χ1n) is 3.64. The monoisotopic (exact) mass is 250 g/mol. The maximum atomic E-state index is 10.7. The normalized spacial score (nSPS) is 11.4. The Morgan fingerprint density at radius 2 is 1.93 bits per heavy atom. The summed E-state index contributed by atoms with van der Waals surface area (Å²) in [5.74, 6) is 0. The molecule has 0 saturated carbocycles. The van der Waals surface area contributed by atoms with Crippen LogP contribution in [-0.4, -0.2) is 17.9 Å². The molecule has 0 spiro atoms. The van der Waals surface area contributed by atoms with Crippen LogP contribution in [0.25, 0.3) is 0 Å². The minimum atomic E-state index is -4.72. The molecule has 8 heteroatoms. The summed E-state index contributed by atoms with van der Waals surface area (Å²) in [6, 6.07) is 1.74. The smallest absolute Gasteiger partial charge is 0.289 e. The van der Waals surface area contributed by atoms with Crippen molar-refractivity contribution >= 4 is 27.4 Å². The van der Waals surface area contributed by atoms with Crippen LogP contribution in [0.2, 0.25) is 5.02 Å². The van der Waals surface area contributed by atoms with E-state index in [1.54, 1.807) is 0 Å². The first-order valence-corrected chi connectivity index (χ1v) is 5.42. The van der Waals surface area contributed by atoms with Crippen LogP contribution in [-0.2, 0) is 10.1 Å². The Hall–Kier alpha value is -1.18. The SMILES string of the molecule is Cc1cc(Cl)c([N+](=O)[O-])cc1S(=O)(=O)[O-]. The third-order valence-corrected chi connectivity index (χ3v) is 2.99. The quantitative estimate of drug-likeness (QED) is 0.449. The minimum absolute atomic E-state index is 0.0839. The lowest BCUT2D eigenvalue weighted by Crippen LogP contribution is -2.03. The molecule has 0 saturated heterocycles. The van der Waals surface area contributed by atoms with Gasteiger partial charge < -0.3 is 4.55 Å². The van der Waals surface area contributed by atoms with E-state index < -0.39 is 25.6 Å². The zero-order valence-corrected chi connectivity index (χ0v) is 9.00. The van der Waals surface area contributed by atoms with Crippen molar-refractivity contribution in [1.82, 2.24) is 0 Å². The second kappa shape index (κ2) is 3.76. The molecule has 0 radical (unpaired) electrons. The molecule has 0 aliphatic heterocycles. The molecule has 0 amide bonds. The average Bonchev–Trinajstić information content (AvgIpc) is 2.00. The standard InChI is InChI=1S/C7H6ClNO5S/c1-4-2-5(8)6(9(10)11)3-7(4)15(12,13)14/h2-3H,1H3,(H,12,13,14)/p-1. The molecule has 0 atom stereocenters. The topological polar surface area (TPSA) is 100 Å². The number of halogens is 1. The molecule has 0 aromatic heterocycles. The van der Waals surface area contributed by atoms with Gasteiger partial charge in [0.1, 0.15) is 15.1 Å². The van der Waals surface area contributed by atoms with Crippen molar-refractivity contribution in [3.63, 3.8) is 0 Å². The maximum Gasteiger partial charge on any atom is 0.289 e. The zero-order chi connectivity index (χ0) is 11.8. The summed E-state index contributed by atoms with van der Waals surface area (Å²) in [6.45, 7) is 1.33. The van der Waals surface area contributed by atoms with E-state index in [2.05, 4.69) is 0 Å². The fraction of sp³-hybridized carbons (Fsp3) is 0.143. The van der Waals surface area contributed by atoms with Crippen molar-refractivity contribution in [3.8, 4) is 0 Å². The number of hydrogen-bond donors (Lipinski definition) is 0. The number of nitrogens with zero attached hydrogens (tertiary/aromatic N) is 1. The van der Waals surface area contributed by atoms with E-state index in [1.807, 2.05) is 0 Å². The van der Waals surface area contributed by atoms with Gasteiger partial charge in [-0.05, 0) is 18.6 Å². The molecule has 0 N–H and O–H groups in total. The van der Waals surface area contributed by atoms with Gasteiger partial charge in [-0.1, -0.05) is 11.6 Å². The fourth-order valence-electron chi connectivity index (χ4n) is 1.05. The number of aryl methyl sites for hydroxylation is 1. The summed E-state index contributed by atoms with van der Waals surface area (Å²) in [7, 11) is -4.72. The van der Waals surface area contributed by atoms with Crippen LogP contribution in [0.5, 0.6) is 0 Å². The molecule has 0 bridgehead atoms. The van der Waals surface area contributed by atoms with Crippen LogP contribution in [0.3, 0.4) is 0 Å². The first kappa shape index (κ1) is 11.9. The number of benzene rings is 1. The van der Waals surface area contributed by atoms with Gasteiger partial charge in [0.25, 0.3) is 5.69 Å². The van der Waals surface area contributed by atoms with Crippen molar-refractivity contribution in [2.75, 3.05) is 0 Å². The van der Waals surface area contributed by atoms with Gasteiger partial charge in [-0.15, -0.1) is 0 Å². The molecule has 0 heterocycles.